The number of benzene rings is 1. The highest BCUT2D eigenvalue weighted by Gasteiger charge is 1.98. The largest absolute Gasteiger partial charge is 0.478 e. The molecule has 1 rings (SSSR count). The van der Waals surface area contributed by atoms with Gasteiger partial charge < -0.3 is 10.2 Å². The van der Waals surface area contributed by atoms with Crippen molar-refractivity contribution in [3.63, 3.8) is 0 Å². The van der Waals surface area contributed by atoms with Crippen LogP contribution in [0.2, 0.25) is 0 Å². The molecule has 0 bridgehead atoms. The lowest BCUT2D eigenvalue weighted by Gasteiger charge is -2.03. The Bertz CT molecular complexity index is 336. The monoisotopic (exact) mass is 192 g/mol. The highest BCUT2D eigenvalue weighted by Crippen LogP contribution is 2.13. The van der Waals surface area contributed by atoms with E-state index < -0.39 is 12.1 Å². The summed E-state index contributed by atoms with van der Waals surface area (Å²) in [5, 5.41) is 17.6. The van der Waals surface area contributed by atoms with Crippen molar-refractivity contribution in [2.75, 3.05) is 0 Å². The summed E-state index contributed by atoms with van der Waals surface area (Å²) < 4.78 is 0. The van der Waals surface area contributed by atoms with E-state index in [1.807, 2.05) is 0 Å². The van der Waals surface area contributed by atoms with E-state index in [1.54, 1.807) is 31.2 Å². The zero-order valence-corrected chi connectivity index (χ0v) is 7.84. The molecular weight excluding hydrogens is 180 g/mol. The van der Waals surface area contributed by atoms with Crippen LogP contribution in [0.1, 0.15) is 24.2 Å². The van der Waals surface area contributed by atoms with Crippen LogP contribution in [0.15, 0.2) is 30.3 Å². The average Bonchev–Trinajstić information content (AvgIpc) is 2.15. The fourth-order valence-corrected chi connectivity index (χ4v) is 1.05. The minimum Gasteiger partial charge on any atom is -0.478 e. The van der Waals surface area contributed by atoms with Crippen LogP contribution in [-0.4, -0.2) is 16.2 Å². The quantitative estimate of drug-likeness (QED) is 0.718. The number of aliphatic hydroxyl groups is 1. The van der Waals surface area contributed by atoms with Gasteiger partial charge in [-0.2, -0.15) is 0 Å². The summed E-state index contributed by atoms with van der Waals surface area (Å²) in [7, 11) is 0. The first-order valence-corrected chi connectivity index (χ1v) is 4.28. The zero-order chi connectivity index (χ0) is 10.6. The molecular formula is C11H12O3. The first kappa shape index (κ1) is 10.5. The maximum Gasteiger partial charge on any atom is 0.328 e. The zero-order valence-electron chi connectivity index (χ0n) is 7.84. The fourth-order valence-electron chi connectivity index (χ4n) is 1.05. The highest BCUT2D eigenvalue weighted by atomic mass is 16.4. The molecule has 1 unspecified atom stereocenters. The van der Waals surface area contributed by atoms with E-state index in [2.05, 4.69) is 0 Å². The van der Waals surface area contributed by atoms with E-state index in [1.165, 1.54) is 6.08 Å². The lowest BCUT2D eigenvalue weighted by atomic mass is 10.1. The number of hydrogen-bond donors (Lipinski definition) is 2. The number of aliphatic hydroxyl groups excluding tert-OH is 1. The summed E-state index contributed by atoms with van der Waals surface area (Å²) in [4.78, 5) is 10.2. The number of carboxylic acids is 1. The van der Waals surface area contributed by atoms with Crippen molar-refractivity contribution >= 4 is 12.0 Å². The van der Waals surface area contributed by atoms with Gasteiger partial charge >= 0.3 is 5.97 Å². The normalized spacial score (nSPS) is 13.0. The van der Waals surface area contributed by atoms with E-state index in [-0.39, 0.29) is 0 Å². The van der Waals surface area contributed by atoms with Gasteiger partial charge in [0.15, 0.2) is 0 Å². The minimum absolute atomic E-state index is 0.493. The summed E-state index contributed by atoms with van der Waals surface area (Å²) >= 11 is 0. The van der Waals surface area contributed by atoms with Gasteiger partial charge in [-0.1, -0.05) is 24.3 Å². The van der Waals surface area contributed by atoms with Gasteiger partial charge in [0.05, 0.1) is 6.10 Å². The van der Waals surface area contributed by atoms with Crippen LogP contribution in [0.25, 0.3) is 6.08 Å². The standard InChI is InChI=1S/C11H12O3/c1-8(12)10-5-2-9(3-6-10)4-7-11(13)14/h2-8,12H,1H3,(H,13,14)/b7-4+. The molecule has 0 spiro atoms. The Hall–Kier alpha value is -1.61. The molecule has 1 aromatic carbocycles. The number of carbonyl (C=O) groups is 1. The maximum absolute atomic E-state index is 10.2. The molecule has 0 aliphatic carbocycles. The first-order valence-electron chi connectivity index (χ1n) is 4.28. The third-order valence-corrected chi connectivity index (χ3v) is 1.84. The molecule has 0 aliphatic heterocycles. The molecule has 0 saturated carbocycles. The molecule has 0 saturated heterocycles. The number of hydrogen-bond acceptors (Lipinski definition) is 2. The number of rotatable bonds is 3. The van der Waals surface area contributed by atoms with Gasteiger partial charge in [0.1, 0.15) is 0 Å². The van der Waals surface area contributed by atoms with Gasteiger partial charge in [-0.25, -0.2) is 4.79 Å². The number of aliphatic carboxylic acids is 1. The predicted molar refractivity (Wildman–Crippen MR) is 53.7 cm³/mol. The Labute approximate surface area is 82.3 Å². The van der Waals surface area contributed by atoms with Crippen molar-refractivity contribution in [2.45, 2.75) is 13.0 Å². The van der Waals surface area contributed by atoms with Crippen molar-refractivity contribution in [1.82, 2.24) is 0 Å². The lowest BCUT2D eigenvalue weighted by Crippen LogP contribution is -1.90. The Kier molecular flexibility index (Phi) is 3.42. The van der Waals surface area contributed by atoms with Crippen LogP contribution in [0.3, 0.4) is 0 Å². The molecule has 2 N–H and O–H groups in total. The van der Waals surface area contributed by atoms with Crippen molar-refractivity contribution < 1.29 is 15.0 Å². The average molecular weight is 192 g/mol. The molecule has 0 aromatic heterocycles. The molecule has 3 heteroatoms. The summed E-state index contributed by atoms with van der Waals surface area (Å²) in [5.74, 6) is -0.968. The third-order valence-electron chi connectivity index (χ3n) is 1.84. The Morgan fingerprint density at radius 1 is 1.36 bits per heavy atom. The molecule has 1 atom stereocenters. The van der Waals surface area contributed by atoms with Crippen LogP contribution < -0.4 is 0 Å². The van der Waals surface area contributed by atoms with Gasteiger partial charge in [0, 0.05) is 6.08 Å². The lowest BCUT2D eigenvalue weighted by molar-refractivity contribution is -0.131. The van der Waals surface area contributed by atoms with E-state index in [9.17, 15) is 9.90 Å². The van der Waals surface area contributed by atoms with Gasteiger partial charge in [-0.15, -0.1) is 0 Å². The Morgan fingerprint density at radius 3 is 2.36 bits per heavy atom. The van der Waals surface area contributed by atoms with Crippen LogP contribution in [0.4, 0.5) is 0 Å². The van der Waals surface area contributed by atoms with E-state index in [0.29, 0.717) is 0 Å². The topological polar surface area (TPSA) is 57.5 Å². The molecule has 14 heavy (non-hydrogen) atoms. The van der Waals surface area contributed by atoms with Gasteiger partial charge in [0.25, 0.3) is 0 Å². The second kappa shape index (κ2) is 4.58. The first-order chi connectivity index (χ1) is 6.59. The molecule has 74 valence electrons. The van der Waals surface area contributed by atoms with Crippen LogP contribution >= 0.6 is 0 Å². The molecule has 3 nitrogen and oxygen atoms in total. The molecule has 0 aliphatic rings. The summed E-state index contributed by atoms with van der Waals surface area (Å²) in [6.07, 6.45) is 2.10. The van der Waals surface area contributed by atoms with Gasteiger partial charge in [-0.05, 0) is 24.1 Å². The van der Waals surface area contributed by atoms with Gasteiger partial charge in [0.2, 0.25) is 0 Å². The third kappa shape index (κ3) is 3.03. The Morgan fingerprint density at radius 2 is 1.93 bits per heavy atom. The molecule has 0 amide bonds. The summed E-state index contributed by atoms with van der Waals surface area (Å²) in [6.45, 7) is 1.68. The predicted octanol–water partition coefficient (Wildman–Crippen LogP) is 1.84. The SMILES string of the molecule is CC(O)c1ccc(/C=C/C(=O)O)cc1. The van der Waals surface area contributed by atoms with Crippen LogP contribution in [-0.2, 0) is 4.79 Å². The number of carboxylic acid groups (broad SMARTS) is 1. The maximum atomic E-state index is 10.2. The molecule has 0 radical (unpaired) electrons. The highest BCUT2D eigenvalue weighted by molar-refractivity contribution is 5.85. The van der Waals surface area contributed by atoms with Crippen molar-refractivity contribution in [1.29, 1.82) is 0 Å². The second-order valence-electron chi connectivity index (χ2n) is 3.01. The van der Waals surface area contributed by atoms with E-state index in [0.717, 1.165) is 17.2 Å². The molecule has 0 fully saturated rings. The van der Waals surface area contributed by atoms with Crippen molar-refractivity contribution in [3.8, 4) is 0 Å². The van der Waals surface area contributed by atoms with E-state index in [4.69, 9.17) is 5.11 Å². The van der Waals surface area contributed by atoms with Crippen molar-refractivity contribution in [2.24, 2.45) is 0 Å². The second-order valence-corrected chi connectivity index (χ2v) is 3.01. The smallest absolute Gasteiger partial charge is 0.328 e. The molecule has 1 aromatic rings. The fraction of sp³-hybridized carbons (Fsp3) is 0.182. The van der Waals surface area contributed by atoms with E-state index >= 15 is 0 Å². The van der Waals surface area contributed by atoms with Crippen LogP contribution in [0, 0.1) is 0 Å². The van der Waals surface area contributed by atoms with Crippen LogP contribution in [0.5, 0.6) is 0 Å². The Balaban J connectivity index is 2.78. The summed E-state index contributed by atoms with van der Waals surface area (Å²) in [6, 6.07) is 7.07. The van der Waals surface area contributed by atoms with Crippen molar-refractivity contribution in [3.05, 3.63) is 41.5 Å². The molecule has 0 heterocycles. The van der Waals surface area contributed by atoms with Gasteiger partial charge in [-0.3, -0.25) is 0 Å². The minimum atomic E-state index is -0.968. The summed E-state index contributed by atoms with van der Waals surface area (Å²) in [5.41, 5.74) is 1.62.